The third-order valence-electron chi connectivity index (χ3n) is 3.13. The molecule has 2 rings (SSSR count). The van der Waals surface area contributed by atoms with Crippen LogP contribution in [0.5, 0.6) is 0 Å². The molecule has 1 aromatic heterocycles. The largest absolute Gasteiger partial charge is 0.391 e. The van der Waals surface area contributed by atoms with Crippen molar-refractivity contribution in [2.45, 2.75) is 20.0 Å². The molecule has 1 aromatic carbocycles. The predicted octanol–water partition coefficient (Wildman–Crippen LogP) is 1.98. The Morgan fingerprint density at radius 1 is 1.32 bits per heavy atom. The highest BCUT2D eigenvalue weighted by atomic mass is 16.3. The Morgan fingerprint density at radius 3 is 2.79 bits per heavy atom. The molecular weight excluding hydrogens is 240 g/mol. The van der Waals surface area contributed by atoms with Gasteiger partial charge in [0.25, 0.3) is 5.91 Å². The first-order valence-corrected chi connectivity index (χ1v) is 6.39. The van der Waals surface area contributed by atoms with E-state index >= 15 is 0 Å². The van der Waals surface area contributed by atoms with E-state index in [1.54, 1.807) is 12.3 Å². The summed E-state index contributed by atoms with van der Waals surface area (Å²) in [6.45, 7) is 4.09. The number of hydrogen-bond donors (Lipinski definition) is 2. The Morgan fingerprint density at radius 2 is 2.05 bits per heavy atom. The Bertz CT molecular complexity index is 576. The van der Waals surface area contributed by atoms with Gasteiger partial charge in [-0.15, -0.1) is 0 Å². The van der Waals surface area contributed by atoms with Gasteiger partial charge in [-0.25, -0.2) is 0 Å². The normalized spacial score (nSPS) is 12.6. The lowest BCUT2D eigenvalue weighted by Gasteiger charge is -2.15. The standard InChI is InChI=1S/C15H18N2O2/c1-10(2)14(18)9-17-15(19)12-7-8-16-13-6-4-3-5-11(12)13/h3-8,10,14,18H,9H2,1-2H3,(H,17,19). The molecule has 0 spiro atoms. The van der Waals surface area contributed by atoms with Gasteiger partial charge in [0.1, 0.15) is 0 Å². The molecule has 2 aromatic rings. The molecule has 1 heterocycles. The lowest BCUT2D eigenvalue weighted by atomic mass is 10.1. The number of benzene rings is 1. The zero-order valence-electron chi connectivity index (χ0n) is 11.1. The summed E-state index contributed by atoms with van der Waals surface area (Å²) in [6, 6.07) is 9.20. The van der Waals surface area contributed by atoms with Crippen molar-refractivity contribution in [1.82, 2.24) is 10.3 Å². The molecule has 0 saturated heterocycles. The third-order valence-corrected chi connectivity index (χ3v) is 3.13. The summed E-state index contributed by atoms with van der Waals surface area (Å²) in [5, 5.41) is 13.3. The SMILES string of the molecule is CC(C)C(O)CNC(=O)c1ccnc2ccccc12. The van der Waals surface area contributed by atoms with Gasteiger partial charge in [-0.3, -0.25) is 9.78 Å². The number of para-hydroxylation sites is 1. The lowest BCUT2D eigenvalue weighted by molar-refractivity contribution is 0.0873. The number of pyridine rings is 1. The highest BCUT2D eigenvalue weighted by Gasteiger charge is 2.13. The molecule has 0 bridgehead atoms. The van der Waals surface area contributed by atoms with Crippen LogP contribution < -0.4 is 5.32 Å². The number of aliphatic hydroxyl groups is 1. The highest BCUT2D eigenvalue weighted by Crippen LogP contribution is 2.15. The average Bonchev–Trinajstić information content (AvgIpc) is 2.43. The van der Waals surface area contributed by atoms with E-state index in [0.29, 0.717) is 5.56 Å². The average molecular weight is 258 g/mol. The quantitative estimate of drug-likeness (QED) is 0.881. The van der Waals surface area contributed by atoms with Crippen molar-refractivity contribution in [1.29, 1.82) is 0 Å². The molecule has 1 unspecified atom stereocenters. The number of carbonyl (C=O) groups excluding carboxylic acids is 1. The van der Waals surface area contributed by atoms with Crippen molar-refractivity contribution in [3.63, 3.8) is 0 Å². The van der Waals surface area contributed by atoms with Gasteiger partial charge in [0.05, 0.1) is 17.2 Å². The van der Waals surface area contributed by atoms with Gasteiger partial charge >= 0.3 is 0 Å². The molecule has 100 valence electrons. The van der Waals surface area contributed by atoms with E-state index in [4.69, 9.17) is 0 Å². The van der Waals surface area contributed by atoms with Crippen LogP contribution in [-0.4, -0.2) is 28.6 Å². The minimum atomic E-state index is -0.531. The van der Waals surface area contributed by atoms with Crippen LogP contribution in [0.4, 0.5) is 0 Å². The van der Waals surface area contributed by atoms with E-state index in [0.717, 1.165) is 10.9 Å². The molecule has 1 amide bonds. The Balaban J connectivity index is 2.18. The second kappa shape index (κ2) is 5.80. The van der Waals surface area contributed by atoms with Gasteiger partial charge in [0, 0.05) is 18.1 Å². The predicted molar refractivity (Wildman–Crippen MR) is 74.9 cm³/mol. The number of hydrogen-bond acceptors (Lipinski definition) is 3. The summed E-state index contributed by atoms with van der Waals surface area (Å²) in [7, 11) is 0. The molecule has 0 radical (unpaired) electrons. The van der Waals surface area contributed by atoms with Gasteiger partial charge in [0.15, 0.2) is 0 Å². The van der Waals surface area contributed by atoms with Crippen LogP contribution in [0.2, 0.25) is 0 Å². The van der Waals surface area contributed by atoms with Crippen LogP contribution in [0.25, 0.3) is 10.9 Å². The first-order chi connectivity index (χ1) is 9.09. The van der Waals surface area contributed by atoms with E-state index < -0.39 is 6.10 Å². The van der Waals surface area contributed by atoms with E-state index in [9.17, 15) is 9.90 Å². The fourth-order valence-electron chi connectivity index (χ4n) is 1.82. The summed E-state index contributed by atoms with van der Waals surface area (Å²) in [5.74, 6) is -0.0622. The summed E-state index contributed by atoms with van der Waals surface area (Å²) >= 11 is 0. The van der Waals surface area contributed by atoms with E-state index in [1.807, 2.05) is 38.1 Å². The first kappa shape index (κ1) is 13.5. The van der Waals surface area contributed by atoms with Gasteiger partial charge < -0.3 is 10.4 Å². The first-order valence-electron chi connectivity index (χ1n) is 6.39. The lowest BCUT2D eigenvalue weighted by Crippen LogP contribution is -2.34. The second-order valence-electron chi connectivity index (χ2n) is 4.90. The minimum absolute atomic E-state index is 0.120. The maximum atomic E-state index is 12.1. The number of amides is 1. The molecule has 0 aliphatic rings. The minimum Gasteiger partial charge on any atom is -0.391 e. The number of nitrogens with one attached hydrogen (secondary N) is 1. The van der Waals surface area contributed by atoms with Crippen molar-refractivity contribution < 1.29 is 9.90 Å². The summed E-state index contributed by atoms with van der Waals surface area (Å²) < 4.78 is 0. The number of rotatable bonds is 4. The zero-order valence-corrected chi connectivity index (χ0v) is 11.1. The maximum Gasteiger partial charge on any atom is 0.252 e. The number of carbonyl (C=O) groups is 1. The Labute approximate surface area is 112 Å². The fraction of sp³-hybridized carbons (Fsp3) is 0.333. The van der Waals surface area contributed by atoms with Crippen LogP contribution in [0.1, 0.15) is 24.2 Å². The maximum absolute atomic E-state index is 12.1. The Hall–Kier alpha value is -1.94. The number of fused-ring (bicyclic) bond motifs is 1. The van der Waals surface area contributed by atoms with E-state index in [1.165, 1.54) is 0 Å². The van der Waals surface area contributed by atoms with Crippen molar-refractivity contribution in [3.05, 3.63) is 42.1 Å². The van der Waals surface area contributed by atoms with Crippen molar-refractivity contribution >= 4 is 16.8 Å². The van der Waals surface area contributed by atoms with E-state index in [-0.39, 0.29) is 18.4 Å². The van der Waals surface area contributed by atoms with Crippen LogP contribution in [0.15, 0.2) is 36.5 Å². The molecule has 4 nitrogen and oxygen atoms in total. The molecule has 1 atom stereocenters. The molecular formula is C15H18N2O2. The molecule has 19 heavy (non-hydrogen) atoms. The molecule has 0 fully saturated rings. The van der Waals surface area contributed by atoms with E-state index in [2.05, 4.69) is 10.3 Å². The smallest absolute Gasteiger partial charge is 0.252 e. The molecule has 2 N–H and O–H groups in total. The molecule has 0 aliphatic carbocycles. The summed E-state index contributed by atoms with van der Waals surface area (Å²) in [4.78, 5) is 16.4. The second-order valence-corrected chi connectivity index (χ2v) is 4.90. The van der Waals surface area contributed by atoms with Crippen molar-refractivity contribution in [3.8, 4) is 0 Å². The monoisotopic (exact) mass is 258 g/mol. The topological polar surface area (TPSA) is 62.2 Å². The number of aliphatic hydroxyl groups excluding tert-OH is 1. The van der Waals surface area contributed by atoms with Crippen LogP contribution in [0.3, 0.4) is 0 Å². The third kappa shape index (κ3) is 3.09. The van der Waals surface area contributed by atoms with Crippen LogP contribution in [-0.2, 0) is 0 Å². The Kier molecular flexibility index (Phi) is 4.12. The summed E-state index contributed by atoms with van der Waals surface area (Å²) in [6.07, 6.45) is 1.09. The van der Waals surface area contributed by atoms with Gasteiger partial charge in [-0.05, 0) is 18.1 Å². The van der Waals surface area contributed by atoms with Gasteiger partial charge in [0.2, 0.25) is 0 Å². The van der Waals surface area contributed by atoms with Gasteiger partial charge in [-0.2, -0.15) is 0 Å². The zero-order chi connectivity index (χ0) is 13.8. The fourth-order valence-corrected chi connectivity index (χ4v) is 1.82. The van der Waals surface area contributed by atoms with Crippen molar-refractivity contribution in [2.24, 2.45) is 5.92 Å². The van der Waals surface area contributed by atoms with Crippen LogP contribution in [0, 0.1) is 5.92 Å². The molecule has 0 aliphatic heterocycles. The summed E-state index contributed by atoms with van der Waals surface area (Å²) in [5.41, 5.74) is 1.38. The number of aromatic nitrogens is 1. The number of nitrogens with zero attached hydrogens (tertiary/aromatic N) is 1. The van der Waals surface area contributed by atoms with Gasteiger partial charge in [-0.1, -0.05) is 32.0 Å². The molecule has 4 heteroatoms. The van der Waals surface area contributed by atoms with Crippen molar-refractivity contribution in [2.75, 3.05) is 6.54 Å². The molecule has 0 saturated carbocycles. The van der Waals surface area contributed by atoms with Crippen LogP contribution >= 0.6 is 0 Å². The highest BCUT2D eigenvalue weighted by molar-refractivity contribution is 6.05.